The number of aromatic nitrogens is 2. The Labute approximate surface area is 123 Å². The number of aryl methyl sites for hydroxylation is 2. The van der Waals surface area contributed by atoms with Gasteiger partial charge in [-0.1, -0.05) is 12.1 Å². The van der Waals surface area contributed by atoms with Crippen LogP contribution in [-0.2, 0) is 13.5 Å². The minimum Gasteiger partial charge on any atom is -0.495 e. The molecule has 2 N–H and O–H groups in total. The molecule has 0 radical (unpaired) electrons. The Kier molecular flexibility index (Phi) is 3.29. The van der Waals surface area contributed by atoms with E-state index in [1.54, 1.807) is 19.1 Å². The van der Waals surface area contributed by atoms with Gasteiger partial charge in [-0.3, -0.25) is 9.48 Å². The molecule has 0 atom stereocenters. The molecule has 0 saturated carbocycles. The van der Waals surface area contributed by atoms with E-state index in [9.17, 15) is 4.79 Å². The van der Waals surface area contributed by atoms with Gasteiger partial charge < -0.3 is 15.4 Å². The third-order valence-electron chi connectivity index (χ3n) is 3.82. The standard InChI is InChI=1S/C15H18N4O2/c1-18-14(11(16)9-17-18)15(20)19-8-4-6-10-5-3-7-12(21-2)13(10)19/h3,5,7,9H,4,6,8,16H2,1-2H3. The Bertz CT molecular complexity index is 659. The molecule has 0 aliphatic carbocycles. The Balaban J connectivity index is 2.08. The van der Waals surface area contributed by atoms with E-state index in [0.29, 0.717) is 23.7 Å². The molecule has 1 amide bonds. The van der Waals surface area contributed by atoms with Gasteiger partial charge >= 0.3 is 0 Å². The quantitative estimate of drug-likeness (QED) is 0.910. The summed E-state index contributed by atoms with van der Waals surface area (Å²) in [5.74, 6) is 0.569. The average molecular weight is 286 g/mol. The molecule has 2 aromatic rings. The molecular formula is C15H18N4O2. The lowest BCUT2D eigenvalue weighted by Gasteiger charge is -2.31. The monoisotopic (exact) mass is 286 g/mol. The van der Waals surface area contributed by atoms with Crippen LogP contribution >= 0.6 is 0 Å². The molecule has 1 aromatic carbocycles. The molecule has 3 rings (SSSR count). The molecule has 0 spiro atoms. The molecule has 0 fully saturated rings. The number of rotatable bonds is 2. The first-order valence-corrected chi connectivity index (χ1v) is 6.88. The molecule has 1 aromatic heterocycles. The summed E-state index contributed by atoms with van der Waals surface area (Å²) >= 11 is 0. The van der Waals surface area contributed by atoms with E-state index in [2.05, 4.69) is 5.10 Å². The van der Waals surface area contributed by atoms with Crippen LogP contribution in [0.2, 0.25) is 0 Å². The SMILES string of the molecule is COc1cccc2c1N(C(=O)c1c(N)cnn1C)CCC2. The number of methoxy groups -OCH3 is 1. The molecule has 110 valence electrons. The predicted molar refractivity (Wildman–Crippen MR) is 80.6 cm³/mol. The van der Waals surface area contributed by atoms with E-state index >= 15 is 0 Å². The summed E-state index contributed by atoms with van der Waals surface area (Å²) in [4.78, 5) is 14.6. The zero-order chi connectivity index (χ0) is 15.0. The van der Waals surface area contributed by atoms with Crippen molar-refractivity contribution in [3.05, 3.63) is 35.7 Å². The highest BCUT2D eigenvalue weighted by Gasteiger charge is 2.29. The van der Waals surface area contributed by atoms with Crippen molar-refractivity contribution in [3.63, 3.8) is 0 Å². The van der Waals surface area contributed by atoms with Crippen LogP contribution in [0.1, 0.15) is 22.5 Å². The van der Waals surface area contributed by atoms with Crippen molar-refractivity contribution in [2.75, 3.05) is 24.3 Å². The minimum atomic E-state index is -0.141. The number of benzene rings is 1. The zero-order valence-electron chi connectivity index (χ0n) is 12.2. The maximum absolute atomic E-state index is 12.9. The summed E-state index contributed by atoms with van der Waals surface area (Å²) in [5.41, 5.74) is 8.65. The highest BCUT2D eigenvalue weighted by molar-refractivity contribution is 6.09. The van der Waals surface area contributed by atoms with Crippen LogP contribution < -0.4 is 15.4 Å². The molecule has 1 aliphatic rings. The van der Waals surface area contributed by atoms with Gasteiger partial charge in [0.25, 0.3) is 5.91 Å². The smallest absolute Gasteiger partial charge is 0.278 e. The maximum Gasteiger partial charge on any atom is 0.278 e. The molecular weight excluding hydrogens is 268 g/mol. The van der Waals surface area contributed by atoms with E-state index in [-0.39, 0.29) is 5.91 Å². The van der Waals surface area contributed by atoms with E-state index in [0.717, 1.165) is 24.1 Å². The predicted octanol–water partition coefficient (Wildman–Crippen LogP) is 1.60. The number of hydrogen-bond donors (Lipinski definition) is 1. The highest BCUT2D eigenvalue weighted by atomic mass is 16.5. The lowest BCUT2D eigenvalue weighted by atomic mass is 10.0. The molecule has 21 heavy (non-hydrogen) atoms. The van der Waals surface area contributed by atoms with Crippen molar-refractivity contribution in [1.29, 1.82) is 0 Å². The Hall–Kier alpha value is -2.50. The van der Waals surface area contributed by atoms with Crippen LogP contribution in [-0.4, -0.2) is 29.3 Å². The van der Waals surface area contributed by atoms with E-state index in [1.807, 2.05) is 18.2 Å². The number of hydrogen-bond acceptors (Lipinski definition) is 4. The third-order valence-corrected chi connectivity index (χ3v) is 3.82. The van der Waals surface area contributed by atoms with Crippen LogP contribution in [0.3, 0.4) is 0 Å². The number of fused-ring (bicyclic) bond motifs is 1. The van der Waals surface area contributed by atoms with Crippen molar-refractivity contribution < 1.29 is 9.53 Å². The highest BCUT2D eigenvalue weighted by Crippen LogP contribution is 2.37. The summed E-state index contributed by atoms with van der Waals surface area (Å²) in [6.45, 7) is 0.650. The van der Waals surface area contributed by atoms with E-state index in [4.69, 9.17) is 10.5 Å². The molecule has 0 bridgehead atoms. The Morgan fingerprint density at radius 3 is 2.90 bits per heavy atom. The van der Waals surface area contributed by atoms with Gasteiger partial charge in [0, 0.05) is 13.6 Å². The summed E-state index contributed by atoms with van der Waals surface area (Å²) in [6, 6.07) is 5.85. The normalized spacial score (nSPS) is 13.9. The lowest BCUT2D eigenvalue weighted by Crippen LogP contribution is -2.37. The van der Waals surface area contributed by atoms with Crippen molar-refractivity contribution in [3.8, 4) is 5.75 Å². The number of anilines is 2. The number of nitrogen functional groups attached to an aromatic ring is 1. The van der Waals surface area contributed by atoms with Crippen molar-refractivity contribution in [1.82, 2.24) is 9.78 Å². The van der Waals surface area contributed by atoms with Gasteiger partial charge in [-0.15, -0.1) is 0 Å². The van der Waals surface area contributed by atoms with Gasteiger partial charge in [0.05, 0.1) is 24.7 Å². The van der Waals surface area contributed by atoms with Gasteiger partial charge in [0.1, 0.15) is 11.4 Å². The fraction of sp³-hybridized carbons (Fsp3) is 0.333. The zero-order valence-corrected chi connectivity index (χ0v) is 12.2. The number of amides is 1. The summed E-state index contributed by atoms with van der Waals surface area (Å²) < 4.78 is 6.94. The Morgan fingerprint density at radius 1 is 1.43 bits per heavy atom. The van der Waals surface area contributed by atoms with E-state index < -0.39 is 0 Å². The van der Waals surface area contributed by atoms with Crippen LogP contribution in [0, 0.1) is 0 Å². The fourth-order valence-electron chi connectivity index (χ4n) is 2.83. The molecule has 0 unspecified atom stereocenters. The molecule has 1 aliphatic heterocycles. The van der Waals surface area contributed by atoms with E-state index in [1.165, 1.54) is 10.9 Å². The van der Waals surface area contributed by atoms with Crippen molar-refractivity contribution in [2.24, 2.45) is 7.05 Å². The maximum atomic E-state index is 12.9. The van der Waals surface area contributed by atoms with Gasteiger partial charge in [0.2, 0.25) is 0 Å². The fourth-order valence-corrected chi connectivity index (χ4v) is 2.83. The molecule has 6 nitrogen and oxygen atoms in total. The second-order valence-corrected chi connectivity index (χ2v) is 5.10. The molecule has 0 saturated heterocycles. The third kappa shape index (κ3) is 2.12. The van der Waals surface area contributed by atoms with Crippen LogP contribution in [0.15, 0.2) is 24.4 Å². The van der Waals surface area contributed by atoms with Gasteiger partial charge in [-0.2, -0.15) is 5.10 Å². The van der Waals surface area contributed by atoms with Crippen LogP contribution in [0.25, 0.3) is 0 Å². The lowest BCUT2D eigenvalue weighted by molar-refractivity contribution is 0.0976. The Morgan fingerprint density at radius 2 is 2.24 bits per heavy atom. The topological polar surface area (TPSA) is 73.4 Å². The first kappa shape index (κ1) is 13.5. The number of carbonyl (C=O) groups is 1. The van der Waals surface area contributed by atoms with Gasteiger partial charge in [-0.05, 0) is 24.5 Å². The molecule has 6 heteroatoms. The summed E-state index contributed by atoms with van der Waals surface area (Å²) in [6.07, 6.45) is 3.36. The largest absolute Gasteiger partial charge is 0.495 e. The number of nitrogens with two attached hydrogens (primary N) is 1. The van der Waals surface area contributed by atoms with Gasteiger partial charge in [-0.25, -0.2) is 0 Å². The number of nitrogens with zero attached hydrogens (tertiary/aromatic N) is 3. The number of ether oxygens (including phenoxy) is 1. The van der Waals surface area contributed by atoms with Crippen molar-refractivity contribution >= 4 is 17.3 Å². The molecule has 2 heterocycles. The first-order chi connectivity index (χ1) is 10.1. The van der Waals surface area contributed by atoms with Crippen molar-refractivity contribution in [2.45, 2.75) is 12.8 Å². The second-order valence-electron chi connectivity index (χ2n) is 5.10. The first-order valence-electron chi connectivity index (χ1n) is 6.88. The van der Waals surface area contributed by atoms with Crippen LogP contribution in [0.5, 0.6) is 5.75 Å². The van der Waals surface area contributed by atoms with Crippen LogP contribution in [0.4, 0.5) is 11.4 Å². The summed E-state index contributed by atoms with van der Waals surface area (Å²) in [5, 5.41) is 4.04. The second kappa shape index (κ2) is 5.12. The number of carbonyl (C=O) groups excluding carboxylic acids is 1. The summed E-state index contributed by atoms with van der Waals surface area (Å²) in [7, 11) is 3.34. The van der Waals surface area contributed by atoms with Gasteiger partial charge in [0.15, 0.2) is 0 Å². The minimum absolute atomic E-state index is 0.141. The number of para-hydroxylation sites is 1. The average Bonchev–Trinajstić information content (AvgIpc) is 2.84.